The molecular weight excluding hydrogens is 357 g/mol. The molecule has 3 rings (SSSR count). The Morgan fingerprint density at radius 1 is 1.22 bits per heavy atom. The molecule has 2 heterocycles. The van der Waals surface area contributed by atoms with Gasteiger partial charge in [-0.3, -0.25) is 4.79 Å². The number of benzene rings is 1. The first-order chi connectivity index (χ1) is 10.6. The largest absolute Gasteiger partial charge is 0.324 e. The summed E-state index contributed by atoms with van der Waals surface area (Å²) in [5.74, 6) is -0.0441. The molecule has 0 aliphatic carbocycles. The molecule has 2 fully saturated rings. The molecule has 128 valence electrons. The Kier molecular flexibility index (Phi) is 6.99. The molecule has 0 spiro atoms. The molecule has 2 N–H and O–H groups in total. The van der Waals surface area contributed by atoms with E-state index in [-0.39, 0.29) is 18.3 Å². The van der Waals surface area contributed by atoms with Gasteiger partial charge in [-0.2, -0.15) is 0 Å². The molecule has 1 aromatic carbocycles. The summed E-state index contributed by atoms with van der Waals surface area (Å²) in [5, 5.41) is 7.41. The number of hydrogen-bond acceptors (Lipinski definition) is 3. The van der Waals surface area contributed by atoms with Gasteiger partial charge in [-0.15, -0.1) is 12.4 Å². The van der Waals surface area contributed by atoms with Gasteiger partial charge in [-0.1, -0.05) is 29.3 Å². The van der Waals surface area contributed by atoms with E-state index in [1.54, 1.807) is 18.2 Å². The summed E-state index contributed by atoms with van der Waals surface area (Å²) in [7, 11) is 0. The highest BCUT2D eigenvalue weighted by molar-refractivity contribution is 6.39. The van der Waals surface area contributed by atoms with Gasteiger partial charge in [0.2, 0.25) is 5.91 Å². The number of carbonyl (C=O) groups excluding carboxylic acids is 1. The van der Waals surface area contributed by atoms with Crippen LogP contribution in [0.1, 0.15) is 25.7 Å². The number of fused-ring (bicyclic) bond motifs is 2. The van der Waals surface area contributed by atoms with Gasteiger partial charge >= 0.3 is 0 Å². The van der Waals surface area contributed by atoms with Crippen LogP contribution in [-0.4, -0.2) is 42.5 Å². The number of rotatable bonds is 4. The highest BCUT2D eigenvalue weighted by atomic mass is 35.5. The molecule has 2 unspecified atom stereocenters. The summed E-state index contributed by atoms with van der Waals surface area (Å²) >= 11 is 12.1. The minimum absolute atomic E-state index is 0. The maximum atomic E-state index is 12.1. The van der Waals surface area contributed by atoms with E-state index in [0.29, 0.717) is 34.2 Å². The highest BCUT2D eigenvalue weighted by Gasteiger charge is 2.29. The lowest BCUT2D eigenvalue weighted by atomic mass is 10.1. The first-order valence-corrected chi connectivity index (χ1v) is 8.59. The minimum atomic E-state index is -0.0441. The SMILES string of the molecule is Cl.O=C(CCN1CCC2CCC(C1)N2)Nc1c(Cl)cccc1Cl. The second-order valence-electron chi connectivity index (χ2n) is 6.12. The Morgan fingerprint density at radius 3 is 2.65 bits per heavy atom. The Labute approximate surface area is 153 Å². The molecule has 23 heavy (non-hydrogen) atoms. The van der Waals surface area contributed by atoms with E-state index in [1.807, 2.05) is 0 Å². The van der Waals surface area contributed by atoms with E-state index in [1.165, 1.54) is 19.3 Å². The zero-order valence-electron chi connectivity index (χ0n) is 12.9. The van der Waals surface area contributed by atoms with Crippen LogP contribution in [0, 0.1) is 0 Å². The van der Waals surface area contributed by atoms with Crippen LogP contribution in [0.25, 0.3) is 0 Å². The van der Waals surface area contributed by atoms with E-state index < -0.39 is 0 Å². The Bertz CT molecular complexity index is 535. The second-order valence-corrected chi connectivity index (χ2v) is 6.94. The monoisotopic (exact) mass is 377 g/mol. The van der Waals surface area contributed by atoms with Gasteiger partial charge in [0.25, 0.3) is 0 Å². The van der Waals surface area contributed by atoms with Crippen LogP contribution in [0.2, 0.25) is 10.0 Å². The van der Waals surface area contributed by atoms with Crippen LogP contribution in [0.4, 0.5) is 5.69 Å². The van der Waals surface area contributed by atoms with Gasteiger partial charge in [0.1, 0.15) is 0 Å². The molecule has 0 radical (unpaired) electrons. The maximum absolute atomic E-state index is 12.1. The van der Waals surface area contributed by atoms with Crippen molar-refractivity contribution >= 4 is 47.2 Å². The molecule has 1 amide bonds. The van der Waals surface area contributed by atoms with Crippen molar-refractivity contribution in [3.63, 3.8) is 0 Å². The van der Waals surface area contributed by atoms with Crippen LogP contribution in [0.3, 0.4) is 0 Å². The molecule has 1 aromatic rings. The van der Waals surface area contributed by atoms with Crippen LogP contribution < -0.4 is 10.6 Å². The number of carbonyl (C=O) groups is 1. The first-order valence-electron chi connectivity index (χ1n) is 7.84. The number of halogens is 3. The van der Waals surface area contributed by atoms with Crippen LogP contribution in [0.15, 0.2) is 18.2 Å². The van der Waals surface area contributed by atoms with Gasteiger partial charge in [-0.25, -0.2) is 0 Å². The Morgan fingerprint density at radius 2 is 1.91 bits per heavy atom. The van der Waals surface area contributed by atoms with Crippen molar-refractivity contribution in [2.45, 2.75) is 37.8 Å². The predicted octanol–water partition coefficient (Wildman–Crippen LogP) is 3.57. The van der Waals surface area contributed by atoms with E-state index >= 15 is 0 Å². The average molecular weight is 379 g/mol. The van der Waals surface area contributed by atoms with Gasteiger partial charge in [0.05, 0.1) is 15.7 Å². The summed E-state index contributed by atoms with van der Waals surface area (Å²) in [6, 6.07) is 6.47. The Balaban J connectivity index is 0.00000192. The standard InChI is InChI=1S/C16H21Cl2N3O.ClH/c17-13-2-1-3-14(18)16(13)20-15(22)7-9-21-8-6-11-4-5-12(10-21)19-11;/h1-3,11-12,19H,4-10H2,(H,20,22);1H. The molecule has 4 nitrogen and oxygen atoms in total. The summed E-state index contributed by atoms with van der Waals surface area (Å²) in [4.78, 5) is 14.5. The molecule has 2 aliphatic heterocycles. The topological polar surface area (TPSA) is 44.4 Å². The third kappa shape index (κ3) is 4.97. The molecule has 0 aromatic heterocycles. The fourth-order valence-corrected chi connectivity index (χ4v) is 3.79. The van der Waals surface area contributed by atoms with Crippen LogP contribution >= 0.6 is 35.6 Å². The van der Waals surface area contributed by atoms with Crippen LogP contribution in [0.5, 0.6) is 0 Å². The molecule has 2 saturated heterocycles. The summed E-state index contributed by atoms with van der Waals surface area (Å²) in [6.45, 7) is 2.88. The smallest absolute Gasteiger partial charge is 0.225 e. The van der Waals surface area contributed by atoms with Crippen molar-refractivity contribution in [3.8, 4) is 0 Å². The van der Waals surface area contributed by atoms with Gasteiger partial charge < -0.3 is 15.5 Å². The summed E-state index contributed by atoms with van der Waals surface area (Å²) < 4.78 is 0. The molecule has 2 atom stereocenters. The van der Waals surface area contributed by atoms with E-state index in [0.717, 1.165) is 19.6 Å². The number of nitrogens with one attached hydrogen (secondary N) is 2. The lowest BCUT2D eigenvalue weighted by molar-refractivity contribution is -0.116. The zero-order valence-corrected chi connectivity index (χ0v) is 15.2. The van der Waals surface area contributed by atoms with Crippen molar-refractivity contribution in [1.82, 2.24) is 10.2 Å². The molecule has 7 heteroatoms. The second kappa shape index (κ2) is 8.54. The minimum Gasteiger partial charge on any atom is -0.324 e. The lowest BCUT2D eigenvalue weighted by Crippen LogP contribution is -2.36. The van der Waals surface area contributed by atoms with Crippen molar-refractivity contribution in [2.24, 2.45) is 0 Å². The van der Waals surface area contributed by atoms with E-state index in [9.17, 15) is 4.79 Å². The quantitative estimate of drug-likeness (QED) is 0.842. The van der Waals surface area contributed by atoms with Crippen molar-refractivity contribution < 1.29 is 4.79 Å². The fourth-order valence-electron chi connectivity index (χ4n) is 3.30. The highest BCUT2D eigenvalue weighted by Crippen LogP contribution is 2.29. The number of para-hydroxylation sites is 1. The Hall–Kier alpha value is -0.520. The normalized spacial score (nSPS) is 23.9. The first kappa shape index (κ1) is 18.8. The zero-order chi connectivity index (χ0) is 15.5. The molecule has 0 saturated carbocycles. The number of hydrogen-bond donors (Lipinski definition) is 2. The van der Waals surface area contributed by atoms with E-state index in [2.05, 4.69) is 15.5 Å². The van der Waals surface area contributed by atoms with Crippen molar-refractivity contribution in [1.29, 1.82) is 0 Å². The fraction of sp³-hybridized carbons (Fsp3) is 0.562. The van der Waals surface area contributed by atoms with Crippen molar-refractivity contribution in [2.75, 3.05) is 25.0 Å². The summed E-state index contributed by atoms with van der Waals surface area (Å²) in [5.41, 5.74) is 0.507. The predicted molar refractivity (Wildman–Crippen MR) is 98.0 cm³/mol. The average Bonchev–Trinajstić information content (AvgIpc) is 2.82. The maximum Gasteiger partial charge on any atom is 0.225 e. The molecule has 2 bridgehead atoms. The number of likely N-dealkylation sites (tertiary alicyclic amines) is 1. The van der Waals surface area contributed by atoms with E-state index in [4.69, 9.17) is 23.2 Å². The molecular formula is C16H22Cl3N3O. The summed E-state index contributed by atoms with van der Waals surface area (Å²) in [6.07, 6.45) is 4.18. The number of anilines is 1. The third-order valence-electron chi connectivity index (χ3n) is 4.49. The van der Waals surface area contributed by atoms with Gasteiger partial charge in [0, 0.05) is 31.6 Å². The van der Waals surface area contributed by atoms with Gasteiger partial charge in [-0.05, 0) is 37.9 Å². The van der Waals surface area contributed by atoms with Crippen molar-refractivity contribution in [3.05, 3.63) is 28.2 Å². The lowest BCUT2D eigenvalue weighted by Gasteiger charge is -2.23. The number of nitrogens with zero attached hydrogens (tertiary/aromatic N) is 1. The van der Waals surface area contributed by atoms with Gasteiger partial charge in [0.15, 0.2) is 0 Å². The number of amides is 1. The molecule has 2 aliphatic rings. The third-order valence-corrected chi connectivity index (χ3v) is 5.12. The van der Waals surface area contributed by atoms with Crippen LogP contribution in [-0.2, 0) is 4.79 Å².